The summed E-state index contributed by atoms with van der Waals surface area (Å²) in [5.74, 6) is 4.36. The van der Waals surface area contributed by atoms with Crippen LogP contribution in [-0.2, 0) is 0 Å². The number of aromatic nitrogens is 6. The number of rotatable bonds is 5. The maximum Gasteiger partial charge on any atom is 0.158 e. The standard InChI is InChI=1S/C26H27N7O/c1-16-10-19(11-17(16)2)22-7-9-33-25(22)26(28-15-30-33)31-20-4-5-23(18(3)12-20)34-21-6-8-32-24(13-21)27-14-29-32/h4-9,12-17,19H,10-11H2,1-3H3,(H,28,30,31)/t16-,17?,19?/m1/s1. The lowest BCUT2D eigenvalue weighted by Crippen LogP contribution is -2.03. The first-order valence-corrected chi connectivity index (χ1v) is 11.7. The van der Waals surface area contributed by atoms with Crippen LogP contribution in [0, 0.1) is 18.8 Å². The molecule has 8 nitrogen and oxygen atoms in total. The summed E-state index contributed by atoms with van der Waals surface area (Å²) in [4.78, 5) is 8.82. The van der Waals surface area contributed by atoms with Crippen molar-refractivity contribution in [3.63, 3.8) is 0 Å². The van der Waals surface area contributed by atoms with Gasteiger partial charge in [0.15, 0.2) is 11.5 Å². The van der Waals surface area contributed by atoms with Crippen molar-refractivity contribution in [3.8, 4) is 11.5 Å². The number of fused-ring (bicyclic) bond motifs is 2. The van der Waals surface area contributed by atoms with Crippen molar-refractivity contribution in [1.29, 1.82) is 0 Å². The summed E-state index contributed by atoms with van der Waals surface area (Å²) < 4.78 is 9.76. The first kappa shape index (κ1) is 20.7. The molecule has 172 valence electrons. The van der Waals surface area contributed by atoms with Gasteiger partial charge in [-0.25, -0.2) is 19.0 Å². The van der Waals surface area contributed by atoms with Crippen LogP contribution >= 0.6 is 0 Å². The van der Waals surface area contributed by atoms with Gasteiger partial charge in [-0.2, -0.15) is 10.2 Å². The highest BCUT2D eigenvalue weighted by molar-refractivity contribution is 5.77. The van der Waals surface area contributed by atoms with E-state index in [9.17, 15) is 0 Å². The van der Waals surface area contributed by atoms with Crippen molar-refractivity contribution in [2.45, 2.75) is 39.5 Å². The second-order valence-corrected chi connectivity index (χ2v) is 9.43. The summed E-state index contributed by atoms with van der Waals surface area (Å²) >= 11 is 0. The van der Waals surface area contributed by atoms with E-state index in [-0.39, 0.29) is 0 Å². The van der Waals surface area contributed by atoms with Crippen LogP contribution in [-0.4, -0.2) is 29.2 Å². The lowest BCUT2D eigenvalue weighted by molar-refractivity contribution is 0.457. The average molecular weight is 454 g/mol. The fourth-order valence-electron chi connectivity index (χ4n) is 5.08. The Kier molecular flexibility index (Phi) is 4.94. The largest absolute Gasteiger partial charge is 0.457 e. The Labute approximate surface area is 197 Å². The summed E-state index contributed by atoms with van der Waals surface area (Å²) in [5, 5.41) is 12.1. The smallest absolute Gasteiger partial charge is 0.158 e. The zero-order valence-electron chi connectivity index (χ0n) is 19.5. The number of benzene rings is 1. The minimum atomic E-state index is 0.543. The first-order chi connectivity index (χ1) is 16.5. The molecule has 5 aromatic rings. The zero-order chi connectivity index (χ0) is 23.2. The Balaban J connectivity index is 1.27. The molecule has 1 N–H and O–H groups in total. The molecule has 0 radical (unpaired) electrons. The zero-order valence-corrected chi connectivity index (χ0v) is 19.5. The Bertz CT molecular complexity index is 1480. The number of nitrogens with zero attached hydrogens (tertiary/aromatic N) is 6. The SMILES string of the molecule is Cc1cc(Nc2ncnn3ccc(C4CC(C)[C@H](C)C4)c23)ccc1Oc1ccn2ncnc2c1. The molecule has 3 atom stereocenters. The van der Waals surface area contributed by atoms with Gasteiger partial charge in [0, 0.05) is 24.1 Å². The number of hydrogen-bond donors (Lipinski definition) is 1. The van der Waals surface area contributed by atoms with Gasteiger partial charge in [-0.05, 0) is 79.0 Å². The van der Waals surface area contributed by atoms with E-state index in [0.717, 1.165) is 51.6 Å². The second kappa shape index (κ2) is 8.13. The van der Waals surface area contributed by atoms with Gasteiger partial charge in [0.1, 0.15) is 29.7 Å². The van der Waals surface area contributed by atoms with Gasteiger partial charge in [0.05, 0.1) is 0 Å². The highest BCUT2D eigenvalue weighted by Crippen LogP contribution is 2.44. The molecule has 0 saturated heterocycles. The monoisotopic (exact) mass is 453 g/mol. The molecule has 1 aromatic carbocycles. The minimum absolute atomic E-state index is 0.543. The molecule has 0 spiro atoms. The normalized spacial score (nSPS) is 20.3. The molecule has 1 fully saturated rings. The van der Waals surface area contributed by atoms with E-state index in [4.69, 9.17) is 4.74 Å². The number of aryl methyl sites for hydroxylation is 1. The Morgan fingerprint density at radius 3 is 2.50 bits per heavy atom. The molecule has 1 saturated carbocycles. The van der Waals surface area contributed by atoms with E-state index in [2.05, 4.69) is 51.5 Å². The Morgan fingerprint density at radius 2 is 1.68 bits per heavy atom. The van der Waals surface area contributed by atoms with Crippen LogP contribution in [0.15, 0.2) is 61.4 Å². The topological polar surface area (TPSA) is 81.6 Å². The van der Waals surface area contributed by atoms with Crippen LogP contribution in [0.2, 0.25) is 0 Å². The number of nitrogens with one attached hydrogen (secondary N) is 1. The second-order valence-electron chi connectivity index (χ2n) is 9.43. The summed E-state index contributed by atoms with van der Waals surface area (Å²) in [6, 6.07) is 12.0. The molecule has 0 bridgehead atoms. The Hall–Kier alpha value is -3.94. The summed E-state index contributed by atoms with van der Waals surface area (Å²) in [6.45, 7) is 6.75. The van der Waals surface area contributed by atoms with E-state index < -0.39 is 0 Å². The summed E-state index contributed by atoms with van der Waals surface area (Å²) in [7, 11) is 0. The van der Waals surface area contributed by atoms with Gasteiger partial charge in [-0.1, -0.05) is 13.8 Å². The molecule has 4 aromatic heterocycles. The molecule has 8 heteroatoms. The predicted molar refractivity (Wildman–Crippen MR) is 131 cm³/mol. The molecule has 2 unspecified atom stereocenters. The van der Waals surface area contributed by atoms with E-state index >= 15 is 0 Å². The van der Waals surface area contributed by atoms with Crippen LogP contribution < -0.4 is 10.1 Å². The third kappa shape index (κ3) is 3.65. The first-order valence-electron chi connectivity index (χ1n) is 11.7. The highest BCUT2D eigenvalue weighted by atomic mass is 16.5. The minimum Gasteiger partial charge on any atom is -0.457 e. The van der Waals surface area contributed by atoms with Gasteiger partial charge in [0.2, 0.25) is 0 Å². The van der Waals surface area contributed by atoms with E-state index in [1.54, 1.807) is 10.8 Å². The number of hydrogen-bond acceptors (Lipinski definition) is 6. The Morgan fingerprint density at radius 1 is 0.912 bits per heavy atom. The predicted octanol–water partition coefficient (Wildman–Crippen LogP) is 5.77. The third-order valence-electron chi connectivity index (χ3n) is 7.13. The number of ether oxygens (including phenoxy) is 1. The fourth-order valence-corrected chi connectivity index (χ4v) is 5.08. The number of pyridine rings is 1. The molecule has 6 rings (SSSR count). The molecule has 1 aliphatic rings. The van der Waals surface area contributed by atoms with Crippen LogP contribution in [0.3, 0.4) is 0 Å². The van der Waals surface area contributed by atoms with Gasteiger partial charge >= 0.3 is 0 Å². The molecular formula is C26H27N7O. The van der Waals surface area contributed by atoms with Crippen LogP contribution in [0.4, 0.5) is 11.5 Å². The molecule has 1 aliphatic carbocycles. The number of anilines is 2. The van der Waals surface area contributed by atoms with Crippen molar-refractivity contribution >= 4 is 22.7 Å². The summed E-state index contributed by atoms with van der Waals surface area (Å²) in [6.07, 6.45) is 9.43. The summed E-state index contributed by atoms with van der Waals surface area (Å²) in [5.41, 5.74) is 5.12. The maximum atomic E-state index is 6.12. The molecule has 0 aliphatic heterocycles. The van der Waals surface area contributed by atoms with Crippen LogP contribution in [0.1, 0.15) is 43.7 Å². The molecule has 34 heavy (non-hydrogen) atoms. The fraction of sp³-hybridized carbons (Fsp3) is 0.308. The molecule has 4 heterocycles. The van der Waals surface area contributed by atoms with E-state index in [0.29, 0.717) is 5.92 Å². The van der Waals surface area contributed by atoms with Crippen molar-refractivity contribution in [2.24, 2.45) is 11.8 Å². The van der Waals surface area contributed by atoms with Crippen molar-refractivity contribution in [1.82, 2.24) is 29.2 Å². The molecule has 0 amide bonds. The van der Waals surface area contributed by atoms with Gasteiger partial charge < -0.3 is 10.1 Å². The molecular weight excluding hydrogens is 426 g/mol. The highest BCUT2D eigenvalue weighted by Gasteiger charge is 2.31. The van der Waals surface area contributed by atoms with Gasteiger partial charge in [-0.15, -0.1) is 0 Å². The van der Waals surface area contributed by atoms with E-state index in [1.807, 2.05) is 48.1 Å². The maximum absolute atomic E-state index is 6.12. The van der Waals surface area contributed by atoms with Gasteiger partial charge in [0.25, 0.3) is 0 Å². The van der Waals surface area contributed by atoms with Crippen molar-refractivity contribution in [2.75, 3.05) is 5.32 Å². The van der Waals surface area contributed by atoms with Crippen molar-refractivity contribution in [3.05, 3.63) is 72.6 Å². The van der Waals surface area contributed by atoms with Crippen LogP contribution in [0.25, 0.3) is 11.2 Å². The van der Waals surface area contributed by atoms with Crippen molar-refractivity contribution < 1.29 is 4.74 Å². The lowest BCUT2D eigenvalue weighted by atomic mass is 9.97. The lowest BCUT2D eigenvalue weighted by Gasteiger charge is -2.14. The third-order valence-corrected chi connectivity index (χ3v) is 7.13. The average Bonchev–Trinajstić information content (AvgIpc) is 3.54. The van der Waals surface area contributed by atoms with Gasteiger partial charge in [-0.3, -0.25) is 0 Å². The van der Waals surface area contributed by atoms with E-state index in [1.165, 1.54) is 24.7 Å². The van der Waals surface area contributed by atoms with Crippen LogP contribution in [0.5, 0.6) is 11.5 Å². The quantitative estimate of drug-likeness (QED) is 0.364.